The minimum atomic E-state index is -0.744. The smallest absolute Gasteiger partial charge is 0.304 e. The molecule has 1 aromatic heterocycles. The van der Waals surface area contributed by atoms with E-state index >= 15 is 0 Å². The van der Waals surface area contributed by atoms with E-state index in [4.69, 9.17) is 21.7 Å². The maximum Gasteiger partial charge on any atom is 0.304 e. The molecule has 6 heteroatoms. The lowest BCUT2D eigenvalue weighted by Crippen LogP contribution is -2.31. The van der Waals surface area contributed by atoms with E-state index in [0.717, 1.165) is 40.8 Å². The molecule has 0 fully saturated rings. The minimum absolute atomic E-state index is 0.193. The third-order valence-corrected chi connectivity index (χ3v) is 4.93. The molecule has 21 heavy (non-hydrogen) atoms. The Balaban J connectivity index is 1.75. The van der Waals surface area contributed by atoms with Crippen LogP contribution in [0.15, 0.2) is 24.3 Å². The first-order valence-electron chi connectivity index (χ1n) is 6.80. The van der Waals surface area contributed by atoms with Crippen LogP contribution in [-0.2, 0) is 17.8 Å². The van der Waals surface area contributed by atoms with Crippen LogP contribution in [0.2, 0.25) is 5.02 Å². The molecule has 110 valence electrons. The molecular weight excluding hydrogens is 308 g/mol. The largest absolute Gasteiger partial charge is 0.481 e. The van der Waals surface area contributed by atoms with Crippen LogP contribution in [0.5, 0.6) is 0 Å². The minimum Gasteiger partial charge on any atom is -0.481 e. The Labute approximate surface area is 132 Å². The van der Waals surface area contributed by atoms with Crippen molar-refractivity contribution in [3.8, 4) is 10.6 Å². The van der Waals surface area contributed by atoms with Crippen LogP contribution in [0.3, 0.4) is 0 Å². The zero-order chi connectivity index (χ0) is 14.8. The van der Waals surface area contributed by atoms with E-state index in [-0.39, 0.29) is 6.42 Å². The molecule has 1 N–H and O–H groups in total. The van der Waals surface area contributed by atoms with Crippen molar-refractivity contribution < 1.29 is 9.90 Å². The van der Waals surface area contributed by atoms with Crippen LogP contribution in [0, 0.1) is 0 Å². The molecule has 0 amide bonds. The number of benzene rings is 1. The van der Waals surface area contributed by atoms with Crippen LogP contribution < -0.4 is 0 Å². The molecule has 0 unspecified atom stereocenters. The zero-order valence-electron chi connectivity index (χ0n) is 11.4. The number of rotatable bonds is 4. The van der Waals surface area contributed by atoms with E-state index in [0.29, 0.717) is 6.54 Å². The Kier molecular flexibility index (Phi) is 4.24. The van der Waals surface area contributed by atoms with E-state index in [9.17, 15) is 4.79 Å². The Morgan fingerprint density at radius 2 is 2.14 bits per heavy atom. The van der Waals surface area contributed by atoms with E-state index in [1.807, 2.05) is 24.3 Å². The van der Waals surface area contributed by atoms with Crippen molar-refractivity contribution in [1.82, 2.24) is 9.88 Å². The van der Waals surface area contributed by atoms with E-state index in [2.05, 4.69) is 4.90 Å². The fraction of sp³-hybridized carbons (Fsp3) is 0.333. The Bertz CT molecular complexity index is 654. The predicted octanol–water partition coefficient (Wildman–Crippen LogP) is 3.30. The molecule has 0 bridgehead atoms. The summed E-state index contributed by atoms with van der Waals surface area (Å²) >= 11 is 7.60. The van der Waals surface area contributed by atoms with Gasteiger partial charge in [-0.15, -0.1) is 11.3 Å². The number of hydrogen-bond acceptors (Lipinski definition) is 4. The number of fused-ring (bicyclic) bond motifs is 1. The van der Waals surface area contributed by atoms with Crippen LogP contribution in [0.1, 0.15) is 17.0 Å². The number of hydrogen-bond donors (Lipinski definition) is 1. The maximum atomic E-state index is 10.7. The monoisotopic (exact) mass is 322 g/mol. The lowest BCUT2D eigenvalue weighted by atomic mass is 10.1. The van der Waals surface area contributed by atoms with Gasteiger partial charge in [-0.2, -0.15) is 0 Å². The molecule has 0 spiro atoms. The fourth-order valence-electron chi connectivity index (χ4n) is 2.41. The number of thiazole rings is 1. The average molecular weight is 323 g/mol. The Morgan fingerprint density at radius 1 is 1.38 bits per heavy atom. The van der Waals surface area contributed by atoms with Crippen molar-refractivity contribution in [2.45, 2.75) is 19.4 Å². The van der Waals surface area contributed by atoms with Gasteiger partial charge in [-0.05, 0) is 12.1 Å². The SMILES string of the molecule is O=C(O)CCN1CCc2nc(-c3ccc(Cl)cc3)sc2C1. The molecule has 0 saturated carbocycles. The summed E-state index contributed by atoms with van der Waals surface area (Å²) in [5, 5.41) is 10.5. The van der Waals surface area contributed by atoms with Crippen molar-refractivity contribution in [2.24, 2.45) is 0 Å². The van der Waals surface area contributed by atoms with Gasteiger partial charge in [-0.1, -0.05) is 23.7 Å². The molecule has 2 heterocycles. The molecule has 0 radical (unpaired) electrons. The van der Waals surface area contributed by atoms with E-state index in [1.54, 1.807) is 11.3 Å². The van der Waals surface area contributed by atoms with Gasteiger partial charge in [0.25, 0.3) is 0 Å². The normalized spacial score (nSPS) is 14.9. The van der Waals surface area contributed by atoms with Gasteiger partial charge in [0.15, 0.2) is 0 Å². The first-order valence-corrected chi connectivity index (χ1v) is 8.00. The van der Waals surface area contributed by atoms with Gasteiger partial charge in [0.1, 0.15) is 5.01 Å². The molecule has 0 saturated heterocycles. The van der Waals surface area contributed by atoms with Crippen molar-refractivity contribution in [3.63, 3.8) is 0 Å². The standard InChI is InChI=1S/C15H15ClN2O2S/c16-11-3-1-10(2-4-11)15-17-12-5-7-18(8-6-14(19)20)9-13(12)21-15/h1-4H,5-9H2,(H,19,20). The van der Waals surface area contributed by atoms with Crippen molar-refractivity contribution in [2.75, 3.05) is 13.1 Å². The average Bonchev–Trinajstić information content (AvgIpc) is 2.88. The number of aliphatic carboxylic acids is 1. The summed E-state index contributed by atoms with van der Waals surface area (Å²) in [5.74, 6) is -0.744. The Morgan fingerprint density at radius 3 is 2.86 bits per heavy atom. The van der Waals surface area contributed by atoms with Gasteiger partial charge < -0.3 is 5.11 Å². The highest BCUT2D eigenvalue weighted by molar-refractivity contribution is 7.15. The molecule has 1 aromatic carbocycles. The van der Waals surface area contributed by atoms with E-state index in [1.165, 1.54) is 4.88 Å². The van der Waals surface area contributed by atoms with Crippen molar-refractivity contribution in [1.29, 1.82) is 0 Å². The maximum absolute atomic E-state index is 10.7. The molecule has 1 aliphatic heterocycles. The predicted molar refractivity (Wildman–Crippen MR) is 83.8 cm³/mol. The highest BCUT2D eigenvalue weighted by Gasteiger charge is 2.21. The second-order valence-electron chi connectivity index (χ2n) is 5.07. The highest BCUT2D eigenvalue weighted by atomic mass is 35.5. The molecular formula is C15H15ClN2O2S. The highest BCUT2D eigenvalue weighted by Crippen LogP contribution is 2.32. The molecule has 0 atom stereocenters. The number of nitrogens with zero attached hydrogens (tertiary/aromatic N) is 2. The van der Waals surface area contributed by atoms with Gasteiger partial charge in [0, 0.05) is 41.5 Å². The zero-order valence-corrected chi connectivity index (χ0v) is 13.0. The van der Waals surface area contributed by atoms with Gasteiger partial charge >= 0.3 is 5.97 Å². The van der Waals surface area contributed by atoms with Crippen LogP contribution >= 0.6 is 22.9 Å². The summed E-state index contributed by atoms with van der Waals surface area (Å²) in [4.78, 5) is 18.8. The third-order valence-electron chi connectivity index (χ3n) is 3.54. The van der Waals surface area contributed by atoms with Gasteiger partial charge in [-0.3, -0.25) is 9.69 Å². The van der Waals surface area contributed by atoms with Crippen LogP contribution in [0.25, 0.3) is 10.6 Å². The number of carboxylic acids is 1. The fourth-order valence-corrected chi connectivity index (χ4v) is 3.69. The first kappa shape index (κ1) is 14.5. The van der Waals surface area contributed by atoms with Crippen LogP contribution in [-0.4, -0.2) is 34.0 Å². The summed E-state index contributed by atoms with van der Waals surface area (Å²) in [6.07, 6.45) is 1.08. The molecule has 2 aromatic rings. The summed E-state index contributed by atoms with van der Waals surface area (Å²) < 4.78 is 0. The molecule has 0 aliphatic carbocycles. The van der Waals surface area contributed by atoms with Gasteiger partial charge in [-0.25, -0.2) is 4.98 Å². The third kappa shape index (κ3) is 3.43. The molecule has 1 aliphatic rings. The summed E-state index contributed by atoms with van der Waals surface area (Å²) in [7, 11) is 0. The van der Waals surface area contributed by atoms with Gasteiger partial charge in [0.05, 0.1) is 12.1 Å². The topological polar surface area (TPSA) is 53.4 Å². The summed E-state index contributed by atoms with van der Waals surface area (Å²) in [6, 6.07) is 7.70. The number of halogens is 1. The summed E-state index contributed by atoms with van der Waals surface area (Å²) in [6.45, 7) is 2.28. The quantitative estimate of drug-likeness (QED) is 0.938. The second-order valence-corrected chi connectivity index (χ2v) is 6.59. The van der Waals surface area contributed by atoms with Crippen molar-refractivity contribution >= 4 is 28.9 Å². The lowest BCUT2D eigenvalue weighted by molar-refractivity contribution is -0.137. The first-order chi connectivity index (χ1) is 10.1. The number of carboxylic acid groups (broad SMARTS) is 1. The number of aromatic nitrogens is 1. The molecule has 4 nitrogen and oxygen atoms in total. The Hall–Kier alpha value is -1.43. The molecule has 3 rings (SSSR count). The van der Waals surface area contributed by atoms with E-state index < -0.39 is 5.97 Å². The second kappa shape index (κ2) is 6.13. The van der Waals surface area contributed by atoms with Crippen LogP contribution in [0.4, 0.5) is 0 Å². The van der Waals surface area contributed by atoms with Gasteiger partial charge in [0.2, 0.25) is 0 Å². The number of carbonyl (C=O) groups is 1. The van der Waals surface area contributed by atoms with Crippen molar-refractivity contribution in [3.05, 3.63) is 39.9 Å². The lowest BCUT2D eigenvalue weighted by Gasteiger charge is -2.24. The summed E-state index contributed by atoms with van der Waals surface area (Å²) in [5.41, 5.74) is 2.23.